The highest BCUT2D eigenvalue weighted by Crippen LogP contribution is 2.23. The summed E-state index contributed by atoms with van der Waals surface area (Å²) in [7, 11) is 0. The van der Waals surface area contributed by atoms with Crippen LogP contribution in [0.1, 0.15) is 24.0 Å². The van der Waals surface area contributed by atoms with Crippen molar-refractivity contribution in [2.24, 2.45) is 5.73 Å². The highest BCUT2D eigenvalue weighted by molar-refractivity contribution is 7.99. The molecule has 1 heterocycles. The monoisotopic (exact) mass is 268 g/mol. The van der Waals surface area contributed by atoms with Gasteiger partial charge in [-0.25, -0.2) is 4.39 Å². The first-order valence-corrected chi connectivity index (χ1v) is 7.74. The smallest absolute Gasteiger partial charge is 0.123 e. The van der Waals surface area contributed by atoms with E-state index >= 15 is 0 Å². The molecule has 1 aromatic rings. The number of hydrogen-bond donors (Lipinski definition) is 1. The van der Waals surface area contributed by atoms with Gasteiger partial charge in [0.1, 0.15) is 5.82 Å². The lowest BCUT2D eigenvalue weighted by molar-refractivity contribution is 0.224. The Bertz CT molecular complexity index is 389. The molecule has 0 amide bonds. The van der Waals surface area contributed by atoms with Crippen LogP contribution in [-0.4, -0.2) is 29.5 Å². The fraction of sp³-hybridized carbons (Fsp3) is 0.571. The van der Waals surface area contributed by atoms with Crippen LogP contribution in [0.2, 0.25) is 0 Å². The number of halogens is 1. The van der Waals surface area contributed by atoms with E-state index < -0.39 is 0 Å². The third-order valence-corrected chi connectivity index (χ3v) is 4.79. The minimum Gasteiger partial charge on any atom is -0.326 e. The Balaban J connectivity index is 1.99. The van der Waals surface area contributed by atoms with Gasteiger partial charge in [-0.2, -0.15) is 11.8 Å². The summed E-state index contributed by atoms with van der Waals surface area (Å²) in [5, 5.41) is 0.794. The minimum atomic E-state index is -0.166. The number of rotatable bonds is 4. The van der Waals surface area contributed by atoms with Crippen LogP contribution in [0, 0.1) is 5.82 Å². The Morgan fingerprint density at radius 2 is 2.06 bits per heavy atom. The average molecular weight is 268 g/mol. The molecular formula is C14H21FN2S. The maximum atomic E-state index is 13.3. The molecule has 1 aliphatic rings. The van der Waals surface area contributed by atoms with Gasteiger partial charge in [0.15, 0.2) is 0 Å². The molecule has 0 aliphatic carbocycles. The third-order valence-electron chi connectivity index (χ3n) is 3.65. The fourth-order valence-corrected chi connectivity index (χ4v) is 3.17. The predicted octanol–water partition coefficient (Wildman–Crippen LogP) is 2.61. The maximum absolute atomic E-state index is 13.3. The molecule has 0 atom stereocenters. The van der Waals surface area contributed by atoms with E-state index in [2.05, 4.69) is 11.2 Å². The van der Waals surface area contributed by atoms with Crippen LogP contribution in [0.5, 0.6) is 0 Å². The number of hydrogen-bond acceptors (Lipinski definition) is 3. The highest BCUT2D eigenvalue weighted by Gasteiger charge is 2.19. The largest absolute Gasteiger partial charge is 0.326 e. The Labute approximate surface area is 113 Å². The van der Waals surface area contributed by atoms with Gasteiger partial charge in [-0.05, 0) is 55.4 Å². The van der Waals surface area contributed by atoms with Gasteiger partial charge >= 0.3 is 0 Å². The van der Waals surface area contributed by atoms with Gasteiger partial charge in [-0.3, -0.25) is 4.90 Å². The van der Waals surface area contributed by atoms with Crippen molar-refractivity contribution in [3.8, 4) is 0 Å². The van der Waals surface area contributed by atoms with Crippen molar-refractivity contribution in [2.75, 3.05) is 19.3 Å². The number of thioether (sulfide) groups is 1. The van der Waals surface area contributed by atoms with Crippen LogP contribution in [0.25, 0.3) is 0 Å². The Morgan fingerprint density at radius 3 is 2.67 bits per heavy atom. The minimum absolute atomic E-state index is 0.166. The normalized spacial score (nSPS) is 18.2. The molecule has 100 valence electrons. The van der Waals surface area contributed by atoms with Crippen molar-refractivity contribution >= 4 is 11.8 Å². The molecule has 0 saturated carbocycles. The van der Waals surface area contributed by atoms with E-state index in [0.717, 1.165) is 36.0 Å². The van der Waals surface area contributed by atoms with Gasteiger partial charge in [0.25, 0.3) is 0 Å². The molecule has 0 bridgehead atoms. The van der Waals surface area contributed by atoms with E-state index in [1.807, 2.05) is 11.8 Å². The van der Waals surface area contributed by atoms with Crippen molar-refractivity contribution in [1.29, 1.82) is 0 Å². The molecule has 1 aromatic carbocycles. The van der Waals surface area contributed by atoms with Gasteiger partial charge < -0.3 is 5.73 Å². The van der Waals surface area contributed by atoms with Crippen molar-refractivity contribution in [1.82, 2.24) is 4.90 Å². The van der Waals surface area contributed by atoms with Gasteiger partial charge in [-0.15, -0.1) is 0 Å². The third kappa shape index (κ3) is 3.46. The summed E-state index contributed by atoms with van der Waals surface area (Å²) in [6.45, 7) is 3.51. The molecular weight excluding hydrogens is 247 g/mol. The second-order valence-corrected chi connectivity index (χ2v) is 5.97. The quantitative estimate of drug-likeness (QED) is 0.910. The van der Waals surface area contributed by atoms with Crippen LogP contribution >= 0.6 is 11.8 Å². The lowest BCUT2D eigenvalue weighted by Crippen LogP contribution is -2.34. The van der Waals surface area contributed by atoms with Gasteiger partial charge in [0.05, 0.1) is 0 Å². The van der Waals surface area contributed by atoms with Crippen LogP contribution in [0.4, 0.5) is 4.39 Å². The summed E-state index contributed by atoms with van der Waals surface area (Å²) in [6, 6.07) is 4.92. The average Bonchev–Trinajstić information content (AvgIpc) is 2.40. The molecule has 1 aliphatic heterocycles. The lowest BCUT2D eigenvalue weighted by Gasteiger charge is -2.31. The lowest BCUT2D eigenvalue weighted by atomic mass is 10.0. The van der Waals surface area contributed by atoms with Crippen molar-refractivity contribution in [3.63, 3.8) is 0 Å². The zero-order valence-corrected chi connectivity index (χ0v) is 11.7. The van der Waals surface area contributed by atoms with Crippen molar-refractivity contribution in [2.45, 2.75) is 31.2 Å². The van der Waals surface area contributed by atoms with E-state index in [9.17, 15) is 4.39 Å². The molecule has 0 aromatic heterocycles. The molecule has 2 nitrogen and oxygen atoms in total. The van der Waals surface area contributed by atoms with Crippen molar-refractivity contribution < 1.29 is 4.39 Å². The van der Waals surface area contributed by atoms with E-state index in [0.29, 0.717) is 6.54 Å². The van der Waals surface area contributed by atoms with Crippen LogP contribution < -0.4 is 5.73 Å². The predicted molar refractivity (Wildman–Crippen MR) is 76.1 cm³/mol. The summed E-state index contributed by atoms with van der Waals surface area (Å²) >= 11 is 1.96. The number of nitrogens with zero attached hydrogens (tertiary/aromatic N) is 1. The number of nitrogens with two attached hydrogens (primary N) is 1. The van der Waals surface area contributed by atoms with E-state index in [1.54, 1.807) is 12.1 Å². The first kappa shape index (κ1) is 13.8. The molecule has 1 fully saturated rings. The SMILES string of the molecule is CSC1CCN(Cc2cc(F)ccc2CN)CC1. The summed E-state index contributed by atoms with van der Waals surface area (Å²) < 4.78 is 13.3. The van der Waals surface area contributed by atoms with E-state index in [1.165, 1.54) is 18.9 Å². The maximum Gasteiger partial charge on any atom is 0.123 e. The zero-order valence-electron chi connectivity index (χ0n) is 10.9. The fourth-order valence-electron chi connectivity index (χ4n) is 2.48. The molecule has 0 unspecified atom stereocenters. The topological polar surface area (TPSA) is 29.3 Å². The molecule has 2 N–H and O–H groups in total. The molecule has 1 saturated heterocycles. The van der Waals surface area contributed by atoms with Crippen LogP contribution in [0.3, 0.4) is 0 Å². The van der Waals surface area contributed by atoms with Gasteiger partial charge in [-0.1, -0.05) is 6.07 Å². The van der Waals surface area contributed by atoms with Crippen molar-refractivity contribution in [3.05, 3.63) is 35.1 Å². The van der Waals surface area contributed by atoms with Crippen LogP contribution in [0.15, 0.2) is 18.2 Å². The Kier molecular flexibility index (Phi) is 5.03. The highest BCUT2D eigenvalue weighted by atomic mass is 32.2. The van der Waals surface area contributed by atoms with E-state index in [4.69, 9.17) is 5.73 Å². The number of piperidine rings is 1. The summed E-state index contributed by atoms with van der Waals surface area (Å²) in [5.41, 5.74) is 7.81. The van der Waals surface area contributed by atoms with Crippen LogP contribution in [-0.2, 0) is 13.1 Å². The second kappa shape index (κ2) is 6.55. The Morgan fingerprint density at radius 1 is 1.33 bits per heavy atom. The molecule has 0 radical (unpaired) electrons. The molecule has 2 rings (SSSR count). The van der Waals surface area contributed by atoms with E-state index in [-0.39, 0.29) is 5.82 Å². The first-order valence-electron chi connectivity index (χ1n) is 6.45. The summed E-state index contributed by atoms with van der Waals surface area (Å²) in [4.78, 5) is 2.40. The molecule has 0 spiro atoms. The second-order valence-electron chi connectivity index (χ2n) is 4.83. The molecule has 18 heavy (non-hydrogen) atoms. The van der Waals surface area contributed by atoms with Gasteiger partial charge in [0, 0.05) is 18.3 Å². The number of likely N-dealkylation sites (tertiary alicyclic amines) is 1. The summed E-state index contributed by atoms with van der Waals surface area (Å²) in [6.07, 6.45) is 4.64. The zero-order chi connectivity index (χ0) is 13.0. The summed E-state index contributed by atoms with van der Waals surface area (Å²) in [5.74, 6) is -0.166. The Hall–Kier alpha value is -0.580. The van der Waals surface area contributed by atoms with Gasteiger partial charge in [0.2, 0.25) is 0 Å². The standard InChI is InChI=1S/C14H21FN2S/c1-18-14-4-6-17(7-5-14)10-12-8-13(15)3-2-11(12)9-16/h2-3,8,14H,4-7,9-10,16H2,1H3. The number of benzene rings is 1. The molecule has 4 heteroatoms. The first-order chi connectivity index (χ1) is 8.72.